The van der Waals surface area contributed by atoms with E-state index in [9.17, 15) is 4.48 Å². The standard InChI is InChI=1S/C9H18FNO/c1-8(2)7-12-9-4-3-5-11(10)6-9/h8-9H,3-7H2,1-2H3. The fourth-order valence-corrected chi connectivity index (χ4v) is 1.36. The highest BCUT2D eigenvalue weighted by Crippen LogP contribution is 2.13. The zero-order valence-corrected chi connectivity index (χ0v) is 7.92. The van der Waals surface area contributed by atoms with Crippen LogP contribution in [-0.2, 0) is 4.74 Å². The minimum absolute atomic E-state index is 0.117. The van der Waals surface area contributed by atoms with Gasteiger partial charge in [-0.25, -0.2) is 0 Å². The molecule has 12 heavy (non-hydrogen) atoms. The summed E-state index contributed by atoms with van der Waals surface area (Å²) in [4.78, 5) is 0. The molecule has 1 aliphatic rings. The Morgan fingerprint density at radius 3 is 2.92 bits per heavy atom. The Kier molecular flexibility index (Phi) is 3.95. The minimum Gasteiger partial charge on any atom is -0.377 e. The van der Waals surface area contributed by atoms with Crippen LogP contribution in [0.5, 0.6) is 0 Å². The van der Waals surface area contributed by atoms with E-state index >= 15 is 0 Å². The summed E-state index contributed by atoms with van der Waals surface area (Å²) in [6.07, 6.45) is 2.04. The van der Waals surface area contributed by atoms with Crippen LogP contribution in [0.3, 0.4) is 0 Å². The molecule has 0 spiro atoms. The molecule has 0 saturated carbocycles. The molecule has 1 saturated heterocycles. The molecule has 1 rings (SSSR count). The highest BCUT2D eigenvalue weighted by atomic mass is 19.2. The predicted molar refractivity (Wildman–Crippen MR) is 46.5 cm³/mol. The number of rotatable bonds is 3. The van der Waals surface area contributed by atoms with Gasteiger partial charge in [0.2, 0.25) is 0 Å². The molecule has 0 radical (unpaired) electrons. The lowest BCUT2D eigenvalue weighted by Gasteiger charge is -2.26. The molecule has 0 aliphatic carbocycles. The second-order valence-electron chi connectivity index (χ2n) is 3.86. The first kappa shape index (κ1) is 9.93. The van der Waals surface area contributed by atoms with E-state index in [0.29, 0.717) is 19.0 Å². The van der Waals surface area contributed by atoms with Crippen LogP contribution in [0.4, 0.5) is 4.48 Å². The third kappa shape index (κ3) is 3.50. The number of hydrogen-bond acceptors (Lipinski definition) is 2. The molecule has 0 bridgehead atoms. The molecule has 3 heteroatoms. The molecule has 1 atom stereocenters. The van der Waals surface area contributed by atoms with Crippen molar-refractivity contribution >= 4 is 0 Å². The van der Waals surface area contributed by atoms with Crippen molar-refractivity contribution in [3.05, 3.63) is 0 Å². The lowest BCUT2D eigenvalue weighted by molar-refractivity contribution is -0.0784. The van der Waals surface area contributed by atoms with E-state index in [4.69, 9.17) is 4.74 Å². The zero-order chi connectivity index (χ0) is 8.97. The normalized spacial score (nSPS) is 26.5. The summed E-state index contributed by atoms with van der Waals surface area (Å²) in [5.74, 6) is 0.542. The Bertz CT molecular complexity index is 130. The van der Waals surface area contributed by atoms with Gasteiger partial charge in [-0.2, -0.15) is 0 Å². The monoisotopic (exact) mass is 175 g/mol. The van der Waals surface area contributed by atoms with Gasteiger partial charge in [0, 0.05) is 13.2 Å². The Balaban J connectivity index is 2.14. The average Bonchev–Trinajstić information content (AvgIpc) is 2.01. The zero-order valence-electron chi connectivity index (χ0n) is 7.92. The largest absolute Gasteiger partial charge is 0.377 e. The van der Waals surface area contributed by atoms with Gasteiger partial charge in [0.05, 0.1) is 12.6 Å². The van der Waals surface area contributed by atoms with Crippen LogP contribution in [0.2, 0.25) is 0 Å². The maximum atomic E-state index is 12.7. The van der Waals surface area contributed by atoms with Gasteiger partial charge >= 0.3 is 0 Å². The lowest BCUT2D eigenvalue weighted by atomic mass is 10.1. The smallest absolute Gasteiger partial charge is 0.0728 e. The van der Waals surface area contributed by atoms with Gasteiger partial charge in [0.25, 0.3) is 0 Å². The van der Waals surface area contributed by atoms with Gasteiger partial charge in [-0.1, -0.05) is 13.8 Å². The Labute approximate surface area is 73.6 Å². The van der Waals surface area contributed by atoms with Crippen molar-refractivity contribution in [2.75, 3.05) is 19.7 Å². The van der Waals surface area contributed by atoms with Crippen molar-refractivity contribution in [2.45, 2.75) is 32.8 Å². The summed E-state index contributed by atoms with van der Waals surface area (Å²) in [5, 5.41) is 0.856. The van der Waals surface area contributed by atoms with Crippen LogP contribution in [0, 0.1) is 5.92 Å². The van der Waals surface area contributed by atoms with Crippen molar-refractivity contribution in [2.24, 2.45) is 5.92 Å². The summed E-state index contributed by atoms with van der Waals surface area (Å²) >= 11 is 0. The van der Waals surface area contributed by atoms with Gasteiger partial charge in [0.15, 0.2) is 0 Å². The maximum absolute atomic E-state index is 12.7. The molecular weight excluding hydrogens is 157 g/mol. The molecule has 72 valence electrons. The summed E-state index contributed by atoms with van der Waals surface area (Å²) in [7, 11) is 0. The number of nitrogens with zero attached hydrogens (tertiary/aromatic N) is 1. The van der Waals surface area contributed by atoms with Gasteiger partial charge in [-0.15, -0.1) is 9.60 Å². The van der Waals surface area contributed by atoms with E-state index in [-0.39, 0.29) is 6.10 Å². The summed E-state index contributed by atoms with van der Waals surface area (Å²) in [6.45, 7) is 5.98. The van der Waals surface area contributed by atoms with Crippen molar-refractivity contribution in [1.29, 1.82) is 0 Å². The summed E-state index contributed by atoms with van der Waals surface area (Å²) < 4.78 is 18.2. The maximum Gasteiger partial charge on any atom is 0.0728 e. The van der Waals surface area contributed by atoms with Crippen molar-refractivity contribution < 1.29 is 9.22 Å². The second-order valence-corrected chi connectivity index (χ2v) is 3.86. The Morgan fingerprint density at radius 2 is 2.33 bits per heavy atom. The minimum atomic E-state index is 0.117. The highest BCUT2D eigenvalue weighted by Gasteiger charge is 2.19. The number of halogens is 1. The SMILES string of the molecule is CC(C)COC1CCCN(F)C1. The third-order valence-electron chi connectivity index (χ3n) is 1.99. The topological polar surface area (TPSA) is 12.5 Å². The van der Waals surface area contributed by atoms with E-state index < -0.39 is 0 Å². The summed E-state index contributed by atoms with van der Waals surface area (Å²) in [5.41, 5.74) is 0. The molecular formula is C9H18FNO. The van der Waals surface area contributed by atoms with Gasteiger partial charge in [-0.05, 0) is 18.8 Å². The van der Waals surface area contributed by atoms with Crippen LogP contribution in [0.1, 0.15) is 26.7 Å². The van der Waals surface area contributed by atoms with E-state index in [1.807, 2.05) is 0 Å². The second kappa shape index (κ2) is 4.77. The van der Waals surface area contributed by atoms with Crippen LogP contribution < -0.4 is 0 Å². The first-order valence-electron chi connectivity index (χ1n) is 4.71. The number of ether oxygens (including phenoxy) is 1. The quantitative estimate of drug-likeness (QED) is 0.608. The molecule has 2 nitrogen and oxygen atoms in total. The van der Waals surface area contributed by atoms with E-state index in [2.05, 4.69) is 13.8 Å². The number of hydrogen-bond donors (Lipinski definition) is 0. The summed E-state index contributed by atoms with van der Waals surface area (Å²) in [6, 6.07) is 0. The van der Waals surface area contributed by atoms with E-state index in [1.165, 1.54) is 0 Å². The van der Waals surface area contributed by atoms with Gasteiger partial charge in [-0.3, -0.25) is 0 Å². The molecule has 0 aromatic rings. The van der Waals surface area contributed by atoms with Gasteiger partial charge < -0.3 is 4.74 Å². The molecule has 1 fully saturated rings. The fourth-order valence-electron chi connectivity index (χ4n) is 1.36. The van der Waals surface area contributed by atoms with E-state index in [1.54, 1.807) is 0 Å². The van der Waals surface area contributed by atoms with Crippen molar-refractivity contribution in [3.63, 3.8) is 0 Å². The number of piperidine rings is 1. The molecule has 0 N–H and O–H groups in total. The predicted octanol–water partition coefficient (Wildman–Crippen LogP) is 2.01. The average molecular weight is 175 g/mol. The van der Waals surface area contributed by atoms with Gasteiger partial charge in [0.1, 0.15) is 0 Å². The third-order valence-corrected chi connectivity index (χ3v) is 1.99. The Hall–Kier alpha value is -0.150. The first-order chi connectivity index (χ1) is 5.68. The van der Waals surface area contributed by atoms with Crippen LogP contribution in [0.25, 0.3) is 0 Å². The van der Waals surface area contributed by atoms with E-state index in [0.717, 1.165) is 24.6 Å². The molecule has 0 amide bonds. The van der Waals surface area contributed by atoms with Crippen LogP contribution in [0.15, 0.2) is 0 Å². The van der Waals surface area contributed by atoms with Crippen molar-refractivity contribution in [3.8, 4) is 0 Å². The lowest BCUT2D eigenvalue weighted by Crippen LogP contribution is -2.35. The van der Waals surface area contributed by atoms with Crippen molar-refractivity contribution in [1.82, 2.24) is 5.12 Å². The van der Waals surface area contributed by atoms with Crippen LogP contribution >= 0.6 is 0 Å². The molecule has 1 aliphatic heterocycles. The first-order valence-corrected chi connectivity index (χ1v) is 4.71. The fraction of sp³-hybridized carbons (Fsp3) is 1.00. The Morgan fingerprint density at radius 1 is 1.58 bits per heavy atom. The molecule has 1 unspecified atom stereocenters. The van der Waals surface area contributed by atoms with Crippen LogP contribution in [-0.4, -0.2) is 30.9 Å². The molecule has 0 aromatic heterocycles. The highest BCUT2D eigenvalue weighted by molar-refractivity contribution is 4.68. The molecule has 0 aromatic carbocycles. The molecule has 1 heterocycles.